The number of fused-ring (bicyclic) bond motifs is 1. The summed E-state index contributed by atoms with van der Waals surface area (Å²) < 4.78 is 2.13. The molecule has 7 heteroatoms. The standard InChI is InChI=1S/C28H40N6O/c1-4-26(27-30-31-32-34(27)23-13-9-6-10-14-23)33(22-11-7-5-8-12-22)18-21-17-24-20(3)15-19(2)16-25(24)29-28(21)35/h15-17,22-23,26H,4-14,18H2,1-3H3,(H,29,35). The summed E-state index contributed by atoms with van der Waals surface area (Å²) in [7, 11) is 0. The zero-order valence-electron chi connectivity index (χ0n) is 21.6. The van der Waals surface area contributed by atoms with E-state index < -0.39 is 0 Å². The SMILES string of the molecule is CCC(c1nnnn1C1CCCCC1)N(Cc1cc2c(C)cc(C)cc2[nH]c1=O)C1CCCCC1. The highest BCUT2D eigenvalue weighted by Gasteiger charge is 2.33. The summed E-state index contributed by atoms with van der Waals surface area (Å²) in [6, 6.07) is 7.32. The van der Waals surface area contributed by atoms with Crippen LogP contribution in [0.4, 0.5) is 0 Å². The van der Waals surface area contributed by atoms with E-state index in [9.17, 15) is 4.79 Å². The van der Waals surface area contributed by atoms with E-state index in [-0.39, 0.29) is 11.6 Å². The van der Waals surface area contributed by atoms with Crippen LogP contribution in [0.5, 0.6) is 0 Å². The molecule has 2 aliphatic rings. The molecule has 0 radical (unpaired) electrons. The molecule has 0 aliphatic heterocycles. The zero-order chi connectivity index (χ0) is 24.4. The average Bonchev–Trinajstić information content (AvgIpc) is 3.35. The van der Waals surface area contributed by atoms with Gasteiger partial charge in [-0.25, -0.2) is 4.68 Å². The molecule has 2 fully saturated rings. The molecule has 0 amide bonds. The first kappa shape index (κ1) is 24.2. The van der Waals surface area contributed by atoms with Crippen LogP contribution < -0.4 is 5.56 Å². The second-order valence-electron chi connectivity index (χ2n) is 10.8. The molecule has 0 spiro atoms. The summed E-state index contributed by atoms with van der Waals surface area (Å²) in [4.78, 5) is 19.0. The van der Waals surface area contributed by atoms with Crippen LogP contribution >= 0.6 is 0 Å². The minimum Gasteiger partial charge on any atom is -0.322 e. The van der Waals surface area contributed by atoms with E-state index in [4.69, 9.17) is 0 Å². The summed E-state index contributed by atoms with van der Waals surface area (Å²) in [5.74, 6) is 0.981. The van der Waals surface area contributed by atoms with Crippen molar-refractivity contribution in [3.8, 4) is 0 Å². The predicted molar refractivity (Wildman–Crippen MR) is 139 cm³/mol. The second-order valence-corrected chi connectivity index (χ2v) is 10.8. The molecule has 0 saturated heterocycles. The molecule has 1 unspecified atom stereocenters. The summed E-state index contributed by atoms with van der Waals surface area (Å²) in [6.45, 7) is 7.06. The van der Waals surface area contributed by atoms with Gasteiger partial charge in [0, 0.05) is 29.1 Å². The number of aromatic nitrogens is 5. The Bertz CT molecular complexity index is 1200. The molecular formula is C28H40N6O. The minimum atomic E-state index is 0.0186. The monoisotopic (exact) mass is 476 g/mol. The first-order valence-electron chi connectivity index (χ1n) is 13.7. The Hall–Kier alpha value is -2.54. The van der Waals surface area contributed by atoms with Gasteiger partial charge >= 0.3 is 0 Å². The number of nitrogens with zero attached hydrogens (tertiary/aromatic N) is 5. The van der Waals surface area contributed by atoms with E-state index in [0.717, 1.165) is 41.6 Å². The lowest BCUT2D eigenvalue weighted by Gasteiger charge is -2.39. The highest BCUT2D eigenvalue weighted by Crippen LogP contribution is 2.35. The quantitative estimate of drug-likeness (QED) is 0.458. The molecule has 1 N–H and O–H groups in total. The van der Waals surface area contributed by atoms with Gasteiger partial charge in [0.1, 0.15) is 0 Å². The van der Waals surface area contributed by atoms with Gasteiger partial charge in [0.2, 0.25) is 0 Å². The third-order valence-electron chi connectivity index (χ3n) is 8.31. The maximum atomic E-state index is 13.3. The molecule has 5 rings (SSSR count). The van der Waals surface area contributed by atoms with Crippen LogP contribution in [0.15, 0.2) is 23.0 Å². The number of benzene rings is 1. The van der Waals surface area contributed by atoms with Crippen LogP contribution in [-0.4, -0.2) is 36.1 Å². The summed E-state index contributed by atoms with van der Waals surface area (Å²) in [5.41, 5.74) is 4.15. The van der Waals surface area contributed by atoms with Crippen molar-refractivity contribution in [3.05, 3.63) is 51.1 Å². The van der Waals surface area contributed by atoms with Gasteiger partial charge in [0.05, 0.1) is 12.1 Å². The maximum absolute atomic E-state index is 13.3. The molecule has 1 aromatic carbocycles. The fourth-order valence-electron chi connectivity index (χ4n) is 6.51. The van der Waals surface area contributed by atoms with E-state index in [0.29, 0.717) is 18.6 Å². The normalized spacial score (nSPS) is 19.0. The van der Waals surface area contributed by atoms with Crippen LogP contribution in [0.1, 0.15) is 112 Å². The Kier molecular flexibility index (Phi) is 7.32. The Balaban J connectivity index is 1.53. The number of nitrogens with one attached hydrogen (secondary N) is 1. The lowest BCUT2D eigenvalue weighted by molar-refractivity contribution is 0.0821. The number of hydrogen-bond donors (Lipinski definition) is 1. The third kappa shape index (κ3) is 5.06. The molecule has 2 saturated carbocycles. The molecule has 35 heavy (non-hydrogen) atoms. The van der Waals surface area contributed by atoms with Crippen LogP contribution in [0.2, 0.25) is 0 Å². The van der Waals surface area contributed by atoms with Crippen molar-refractivity contribution in [2.75, 3.05) is 0 Å². The first-order valence-corrected chi connectivity index (χ1v) is 13.7. The molecule has 3 aromatic rings. The smallest absolute Gasteiger partial charge is 0.252 e. The van der Waals surface area contributed by atoms with Gasteiger partial charge in [0.15, 0.2) is 5.82 Å². The number of rotatable bonds is 7. The summed E-state index contributed by atoms with van der Waals surface area (Å²) >= 11 is 0. The summed E-state index contributed by atoms with van der Waals surface area (Å²) in [5, 5.41) is 14.4. The number of H-pyrrole nitrogens is 1. The largest absolute Gasteiger partial charge is 0.322 e. The molecule has 7 nitrogen and oxygen atoms in total. The number of pyridine rings is 1. The van der Waals surface area contributed by atoms with Gasteiger partial charge in [-0.3, -0.25) is 9.69 Å². The lowest BCUT2D eigenvalue weighted by atomic mass is 9.91. The van der Waals surface area contributed by atoms with Crippen molar-refractivity contribution in [3.63, 3.8) is 0 Å². The van der Waals surface area contributed by atoms with Crippen molar-refractivity contribution < 1.29 is 0 Å². The number of hydrogen-bond acceptors (Lipinski definition) is 5. The van der Waals surface area contributed by atoms with Crippen molar-refractivity contribution >= 4 is 10.9 Å². The molecule has 2 heterocycles. The van der Waals surface area contributed by atoms with Gasteiger partial charge in [-0.15, -0.1) is 5.10 Å². The fourth-order valence-corrected chi connectivity index (χ4v) is 6.51. The predicted octanol–water partition coefficient (Wildman–Crippen LogP) is 5.92. The zero-order valence-corrected chi connectivity index (χ0v) is 21.6. The second kappa shape index (κ2) is 10.6. The fraction of sp³-hybridized carbons (Fsp3) is 0.643. The molecule has 188 valence electrons. The van der Waals surface area contributed by atoms with E-state index in [1.54, 1.807) is 0 Å². The Morgan fingerprint density at radius 1 is 1.03 bits per heavy atom. The Morgan fingerprint density at radius 3 is 2.46 bits per heavy atom. The van der Waals surface area contributed by atoms with Crippen LogP contribution in [0.3, 0.4) is 0 Å². The van der Waals surface area contributed by atoms with E-state index >= 15 is 0 Å². The number of tetrazole rings is 1. The topological polar surface area (TPSA) is 79.7 Å². The first-order chi connectivity index (χ1) is 17.0. The van der Waals surface area contributed by atoms with Crippen molar-refractivity contribution in [1.82, 2.24) is 30.1 Å². The van der Waals surface area contributed by atoms with Gasteiger partial charge in [-0.1, -0.05) is 51.5 Å². The summed E-state index contributed by atoms with van der Waals surface area (Å²) in [6.07, 6.45) is 13.2. The van der Waals surface area contributed by atoms with Crippen LogP contribution in [0.25, 0.3) is 10.9 Å². The van der Waals surface area contributed by atoms with E-state index in [1.807, 2.05) is 0 Å². The molecule has 2 aromatic heterocycles. The van der Waals surface area contributed by atoms with E-state index in [1.165, 1.54) is 62.5 Å². The van der Waals surface area contributed by atoms with Crippen molar-refractivity contribution in [2.45, 2.75) is 116 Å². The van der Waals surface area contributed by atoms with Crippen LogP contribution in [-0.2, 0) is 6.54 Å². The number of aromatic amines is 1. The number of aryl methyl sites for hydroxylation is 2. The van der Waals surface area contributed by atoms with Gasteiger partial charge in [-0.05, 0) is 79.6 Å². The van der Waals surface area contributed by atoms with Gasteiger partial charge in [-0.2, -0.15) is 0 Å². The Labute approximate surface area is 208 Å². The highest BCUT2D eigenvalue weighted by molar-refractivity contribution is 5.83. The van der Waals surface area contributed by atoms with Crippen LogP contribution in [0, 0.1) is 13.8 Å². The van der Waals surface area contributed by atoms with Gasteiger partial charge < -0.3 is 4.98 Å². The van der Waals surface area contributed by atoms with Crippen molar-refractivity contribution in [2.24, 2.45) is 0 Å². The maximum Gasteiger partial charge on any atom is 0.252 e. The minimum absolute atomic E-state index is 0.0186. The molecule has 2 aliphatic carbocycles. The Morgan fingerprint density at radius 2 is 1.74 bits per heavy atom. The molecule has 0 bridgehead atoms. The molecule has 1 atom stereocenters. The van der Waals surface area contributed by atoms with Gasteiger partial charge in [0.25, 0.3) is 5.56 Å². The average molecular weight is 477 g/mol. The van der Waals surface area contributed by atoms with Crippen molar-refractivity contribution in [1.29, 1.82) is 0 Å². The highest BCUT2D eigenvalue weighted by atomic mass is 16.1. The van der Waals surface area contributed by atoms with E-state index in [2.05, 4.69) is 69.1 Å². The molecular weight excluding hydrogens is 436 g/mol. The third-order valence-corrected chi connectivity index (χ3v) is 8.31. The lowest BCUT2D eigenvalue weighted by Crippen LogP contribution is -2.41.